The highest BCUT2D eigenvalue weighted by Crippen LogP contribution is 2.27. The molecule has 1 saturated carbocycles. The van der Waals surface area contributed by atoms with E-state index >= 15 is 0 Å². The molecule has 0 heterocycles. The number of hydrogen-bond donors (Lipinski definition) is 3. The molecule has 0 radical (unpaired) electrons. The minimum atomic E-state index is -4.59. The summed E-state index contributed by atoms with van der Waals surface area (Å²) in [5.74, 6) is -2.35. The van der Waals surface area contributed by atoms with Gasteiger partial charge in [0.1, 0.15) is 17.9 Å². The fraction of sp³-hybridized carbons (Fsp3) is 0.550. The van der Waals surface area contributed by atoms with E-state index in [2.05, 4.69) is 16.7 Å². The summed E-state index contributed by atoms with van der Waals surface area (Å²) in [6.07, 6.45) is 0.183. The maximum absolute atomic E-state index is 14.1. The van der Waals surface area contributed by atoms with Crippen LogP contribution in [-0.4, -0.2) is 36.6 Å². The van der Waals surface area contributed by atoms with Crippen LogP contribution in [0.2, 0.25) is 0 Å². The third-order valence-corrected chi connectivity index (χ3v) is 5.05. The van der Waals surface area contributed by atoms with E-state index in [0.29, 0.717) is 12.8 Å². The molecule has 1 aromatic rings. The Morgan fingerprint density at radius 1 is 1.17 bits per heavy atom. The lowest BCUT2D eigenvalue weighted by Crippen LogP contribution is -2.49. The number of benzene rings is 1. The molecule has 0 aromatic heterocycles. The summed E-state index contributed by atoms with van der Waals surface area (Å²) in [6.45, 7) is -0.408. The number of rotatable bonds is 6. The fourth-order valence-electron chi connectivity index (χ4n) is 3.36. The van der Waals surface area contributed by atoms with Gasteiger partial charge in [-0.25, -0.2) is 4.39 Å². The quantitative estimate of drug-likeness (QED) is 0.477. The van der Waals surface area contributed by atoms with Crippen molar-refractivity contribution in [3.63, 3.8) is 0 Å². The molecule has 2 amide bonds. The first-order valence-electron chi connectivity index (χ1n) is 9.66. The Kier molecular flexibility index (Phi) is 7.65. The van der Waals surface area contributed by atoms with E-state index in [1.165, 1.54) is 13.0 Å². The Bertz CT molecular complexity index is 825. The molecule has 1 aliphatic rings. The summed E-state index contributed by atoms with van der Waals surface area (Å²) in [6, 6.07) is 4.21. The molecule has 0 bridgehead atoms. The van der Waals surface area contributed by atoms with Gasteiger partial charge in [0, 0.05) is 16.8 Å². The number of hydrogen-bond acceptors (Lipinski definition) is 4. The van der Waals surface area contributed by atoms with E-state index in [0.717, 1.165) is 31.7 Å². The lowest BCUT2D eigenvalue weighted by Gasteiger charge is -2.26. The summed E-state index contributed by atoms with van der Waals surface area (Å²) in [5, 5.41) is 16.6. The van der Waals surface area contributed by atoms with Crippen molar-refractivity contribution < 1.29 is 27.2 Å². The number of nitrogens with zero attached hydrogens (tertiary/aromatic N) is 1. The molecule has 1 aromatic carbocycles. The second-order valence-corrected chi connectivity index (χ2v) is 7.44. The van der Waals surface area contributed by atoms with E-state index < -0.39 is 35.9 Å². The summed E-state index contributed by atoms with van der Waals surface area (Å²) < 4.78 is 51.0. The average Bonchev–Trinajstić information content (AvgIpc) is 2.92. The summed E-state index contributed by atoms with van der Waals surface area (Å²) in [5.41, 5.74) is -1.02. The number of nitriles is 1. The molecule has 3 N–H and O–H groups in total. The molecule has 0 unspecified atom stereocenters. The summed E-state index contributed by atoms with van der Waals surface area (Å²) >= 11 is 0. The molecule has 1 fully saturated rings. The molecule has 2 rings (SSSR count). The van der Waals surface area contributed by atoms with Crippen LogP contribution in [0.3, 0.4) is 0 Å². The molecule has 164 valence electrons. The highest BCUT2D eigenvalue weighted by Gasteiger charge is 2.32. The molecular weight excluding hydrogens is 404 g/mol. The number of carbonyl (C=O) groups is 2. The molecule has 0 saturated heterocycles. The van der Waals surface area contributed by atoms with Gasteiger partial charge in [0.05, 0.1) is 12.6 Å². The van der Waals surface area contributed by atoms with Gasteiger partial charge >= 0.3 is 6.18 Å². The highest BCUT2D eigenvalue weighted by molar-refractivity contribution is 5.95. The standard InChI is InChI=1S/C20H24F4N4O2/c1-13-15(21)8-14(18(30)27-12-20(22,23)24)9-16(13)26-10-17(29)28-19(11-25)6-4-2-3-5-7-19/h8-9,26H,2-7,10,12H2,1H3,(H,27,30)(H,28,29). The second-order valence-electron chi connectivity index (χ2n) is 7.44. The zero-order valence-corrected chi connectivity index (χ0v) is 16.6. The Labute approximate surface area is 172 Å². The molecule has 30 heavy (non-hydrogen) atoms. The highest BCUT2D eigenvalue weighted by atomic mass is 19.4. The SMILES string of the molecule is Cc1c(F)cc(C(=O)NCC(F)(F)F)cc1NCC(=O)NC1(C#N)CCCCCC1. The predicted octanol–water partition coefficient (Wildman–Crippen LogP) is 3.57. The largest absolute Gasteiger partial charge is 0.405 e. The number of amides is 2. The van der Waals surface area contributed by atoms with Crippen molar-refractivity contribution in [1.29, 1.82) is 5.26 Å². The minimum Gasteiger partial charge on any atom is -0.376 e. The normalized spacial score (nSPS) is 16.1. The van der Waals surface area contributed by atoms with Crippen LogP contribution in [0.4, 0.5) is 23.2 Å². The van der Waals surface area contributed by atoms with Gasteiger partial charge < -0.3 is 16.0 Å². The smallest absolute Gasteiger partial charge is 0.376 e. The number of carbonyl (C=O) groups excluding carboxylic acids is 2. The van der Waals surface area contributed by atoms with E-state index in [1.54, 1.807) is 5.32 Å². The minimum absolute atomic E-state index is 0.106. The molecule has 10 heteroatoms. The topological polar surface area (TPSA) is 94.0 Å². The Morgan fingerprint density at radius 2 is 1.80 bits per heavy atom. The van der Waals surface area contributed by atoms with Crippen LogP contribution < -0.4 is 16.0 Å². The Balaban J connectivity index is 2.05. The number of anilines is 1. The number of halogens is 4. The van der Waals surface area contributed by atoms with Crippen LogP contribution in [-0.2, 0) is 4.79 Å². The van der Waals surface area contributed by atoms with Crippen molar-refractivity contribution in [2.75, 3.05) is 18.4 Å². The maximum Gasteiger partial charge on any atom is 0.405 e. The lowest BCUT2D eigenvalue weighted by atomic mass is 9.92. The van der Waals surface area contributed by atoms with Gasteiger partial charge in [0.2, 0.25) is 5.91 Å². The van der Waals surface area contributed by atoms with Crippen LogP contribution >= 0.6 is 0 Å². The first-order chi connectivity index (χ1) is 14.1. The molecule has 0 aliphatic heterocycles. The van der Waals surface area contributed by atoms with Crippen LogP contribution in [0, 0.1) is 24.1 Å². The van der Waals surface area contributed by atoms with Gasteiger partial charge in [0.25, 0.3) is 5.91 Å². The van der Waals surface area contributed by atoms with Crippen molar-refractivity contribution in [2.45, 2.75) is 57.2 Å². The monoisotopic (exact) mass is 428 g/mol. The van der Waals surface area contributed by atoms with Crippen LogP contribution in [0.1, 0.15) is 54.4 Å². The van der Waals surface area contributed by atoms with Gasteiger partial charge in [-0.2, -0.15) is 18.4 Å². The molecule has 0 atom stereocenters. The van der Waals surface area contributed by atoms with E-state index in [9.17, 15) is 32.4 Å². The third-order valence-electron chi connectivity index (χ3n) is 5.05. The average molecular weight is 428 g/mol. The van der Waals surface area contributed by atoms with E-state index in [4.69, 9.17) is 0 Å². The van der Waals surface area contributed by atoms with Crippen molar-refractivity contribution >= 4 is 17.5 Å². The third kappa shape index (κ3) is 6.61. The lowest BCUT2D eigenvalue weighted by molar-refractivity contribution is -0.123. The van der Waals surface area contributed by atoms with Crippen LogP contribution in [0.5, 0.6) is 0 Å². The molecule has 0 spiro atoms. The molecule has 6 nitrogen and oxygen atoms in total. The second kappa shape index (κ2) is 9.78. The Hall–Kier alpha value is -2.83. The summed E-state index contributed by atoms with van der Waals surface area (Å²) in [7, 11) is 0. The van der Waals surface area contributed by atoms with Gasteiger partial charge in [-0.3, -0.25) is 9.59 Å². The zero-order chi connectivity index (χ0) is 22.4. The summed E-state index contributed by atoms with van der Waals surface area (Å²) in [4.78, 5) is 24.3. The first kappa shape index (κ1) is 23.4. The van der Waals surface area contributed by atoms with Crippen molar-refractivity contribution in [3.8, 4) is 6.07 Å². The fourth-order valence-corrected chi connectivity index (χ4v) is 3.36. The van der Waals surface area contributed by atoms with Gasteiger partial charge in [-0.15, -0.1) is 0 Å². The van der Waals surface area contributed by atoms with Gasteiger partial charge in [0.15, 0.2) is 0 Å². The number of alkyl halides is 3. The van der Waals surface area contributed by atoms with Crippen molar-refractivity contribution in [1.82, 2.24) is 10.6 Å². The first-order valence-corrected chi connectivity index (χ1v) is 9.66. The van der Waals surface area contributed by atoms with Crippen molar-refractivity contribution in [2.24, 2.45) is 0 Å². The van der Waals surface area contributed by atoms with Gasteiger partial charge in [-0.05, 0) is 31.9 Å². The van der Waals surface area contributed by atoms with E-state index in [-0.39, 0.29) is 23.4 Å². The maximum atomic E-state index is 14.1. The van der Waals surface area contributed by atoms with Crippen molar-refractivity contribution in [3.05, 3.63) is 29.1 Å². The molecular formula is C20H24F4N4O2. The van der Waals surface area contributed by atoms with Gasteiger partial charge in [-0.1, -0.05) is 25.7 Å². The van der Waals surface area contributed by atoms with E-state index in [1.807, 2.05) is 0 Å². The van der Waals surface area contributed by atoms with Crippen LogP contribution in [0.15, 0.2) is 12.1 Å². The Morgan fingerprint density at radius 3 is 2.37 bits per heavy atom. The predicted molar refractivity (Wildman–Crippen MR) is 102 cm³/mol. The zero-order valence-electron chi connectivity index (χ0n) is 16.6. The van der Waals surface area contributed by atoms with Crippen LogP contribution in [0.25, 0.3) is 0 Å². The molecule has 1 aliphatic carbocycles. The number of nitrogens with one attached hydrogen (secondary N) is 3.